The van der Waals surface area contributed by atoms with Crippen molar-refractivity contribution < 1.29 is 14.3 Å². The van der Waals surface area contributed by atoms with Crippen molar-refractivity contribution in [1.82, 2.24) is 0 Å². The van der Waals surface area contributed by atoms with Gasteiger partial charge in [-0.05, 0) is 76.6 Å². The summed E-state index contributed by atoms with van der Waals surface area (Å²) in [7, 11) is 1.37. The summed E-state index contributed by atoms with van der Waals surface area (Å²) in [6, 6.07) is 9.64. The van der Waals surface area contributed by atoms with Crippen LogP contribution in [-0.4, -0.2) is 18.9 Å². The predicted octanol–water partition coefficient (Wildman–Crippen LogP) is 4.96. The summed E-state index contributed by atoms with van der Waals surface area (Å²) >= 11 is 0. The topological polar surface area (TPSA) is 43.4 Å². The lowest BCUT2D eigenvalue weighted by Crippen LogP contribution is -2.35. The van der Waals surface area contributed by atoms with Crippen molar-refractivity contribution in [2.24, 2.45) is 0 Å². The van der Waals surface area contributed by atoms with Gasteiger partial charge in [-0.1, -0.05) is 33.8 Å². The molecule has 2 aromatic rings. The Balaban J connectivity index is 1.87. The number of fused-ring (bicyclic) bond motifs is 3. The molecule has 2 aliphatic carbocycles. The number of hydrogen-bond acceptors (Lipinski definition) is 3. The lowest BCUT2D eigenvalue weighted by molar-refractivity contribution is 0.0600. The summed E-state index contributed by atoms with van der Waals surface area (Å²) in [4.78, 5) is 25.1. The van der Waals surface area contributed by atoms with Crippen LogP contribution in [0.3, 0.4) is 0 Å². The maximum atomic E-state index is 13.2. The highest BCUT2D eigenvalue weighted by Crippen LogP contribution is 2.47. The van der Waals surface area contributed by atoms with Gasteiger partial charge in [0.05, 0.1) is 12.7 Å². The molecule has 3 nitrogen and oxygen atoms in total. The molecule has 4 rings (SSSR count). The van der Waals surface area contributed by atoms with E-state index in [1.807, 2.05) is 0 Å². The Kier molecular flexibility index (Phi) is 3.85. The molecule has 0 bridgehead atoms. The van der Waals surface area contributed by atoms with Crippen LogP contribution in [0.1, 0.15) is 89.1 Å². The van der Waals surface area contributed by atoms with Gasteiger partial charge in [0.1, 0.15) is 0 Å². The first kappa shape index (κ1) is 18.0. The Bertz CT molecular complexity index is 979. The van der Waals surface area contributed by atoms with E-state index in [2.05, 4.69) is 39.8 Å². The normalized spacial score (nSPS) is 18.9. The van der Waals surface area contributed by atoms with Crippen molar-refractivity contribution in [3.63, 3.8) is 0 Å². The first-order valence-corrected chi connectivity index (χ1v) is 9.58. The standard InChI is InChI=1S/C24H26O3/c1-23(2)8-9-24(3,4)20-13-18-16(12-19(20)23)11-15-10-14(22(26)27-5)6-7-17(15)21(18)25/h6-7,10,12-13H,8-9,11H2,1-5H3. The van der Waals surface area contributed by atoms with Crippen molar-refractivity contribution in [2.45, 2.75) is 57.8 Å². The van der Waals surface area contributed by atoms with Gasteiger partial charge in [0.2, 0.25) is 0 Å². The van der Waals surface area contributed by atoms with Crippen LogP contribution >= 0.6 is 0 Å². The van der Waals surface area contributed by atoms with Gasteiger partial charge in [-0.25, -0.2) is 4.79 Å². The Morgan fingerprint density at radius 1 is 0.889 bits per heavy atom. The zero-order valence-corrected chi connectivity index (χ0v) is 16.7. The number of rotatable bonds is 1. The average molecular weight is 362 g/mol. The van der Waals surface area contributed by atoms with Crippen LogP contribution in [0.2, 0.25) is 0 Å². The summed E-state index contributed by atoms with van der Waals surface area (Å²) in [6.07, 6.45) is 2.94. The van der Waals surface area contributed by atoms with Crippen LogP contribution in [0, 0.1) is 0 Å². The maximum Gasteiger partial charge on any atom is 0.337 e. The van der Waals surface area contributed by atoms with Crippen LogP contribution in [-0.2, 0) is 22.0 Å². The van der Waals surface area contributed by atoms with Gasteiger partial charge in [0.15, 0.2) is 5.78 Å². The van der Waals surface area contributed by atoms with E-state index in [1.165, 1.54) is 18.2 Å². The summed E-state index contributed by atoms with van der Waals surface area (Å²) in [5.41, 5.74) is 6.83. The van der Waals surface area contributed by atoms with Crippen molar-refractivity contribution in [3.8, 4) is 0 Å². The second kappa shape index (κ2) is 5.79. The number of methoxy groups -OCH3 is 1. The zero-order chi connectivity index (χ0) is 19.6. The second-order valence-electron chi connectivity index (χ2n) is 9.19. The average Bonchev–Trinajstić information content (AvgIpc) is 2.64. The fourth-order valence-corrected chi connectivity index (χ4v) is 4.57. The minimum atomic E-state index is -0.371. The predicted molar refractivity (Wildman–Crippen MR) is 106 cm³/mol. The molecular formula is C24H26O3. The Morgan fingerprint density at radius 2 is 1.48 bits per heavy atom. The molecule has 27 heavy (non-hydrogen) atoms. The summed E-state index contributed by atoms with van der Waals surface area (Å²) in [5.74, 6) is -0.311. The quantitative estimate of drug-likeness (QED) is 0.575. The first-order chi connectivity index (χ1) is 12.6. The molecule has 0 aliphatic heterocycles. The van der Waals surface area contributed by atoms with Crippen LogP contribution < -0.4 is 0 Å². The number of ether oxygens (including phenoxy) is 1. The van der Waals surface area contributed by atoms with E-state index in [9.17, 15) is 9.59 Å². The highest BCUT2D eigenvalue weighted by atomic mass is 16.5. The van der Waals surface area contributed by atoms with Crippen molar-refractivity contribution in [1.29, 1.82) is 0 Å². The molecule has 0 unspecified atom stereocenters. The minimum Gasteiger partial charge on any atom is -0.465 e. The van der Waals surface area contributed by atoms with Crippen LogP contribution in [0.15, 0.2) is 30.3 Å². The molecule has 140 valence electrons. The second-order valence-corrected chi connectivity index (χ2v) is 9.19. The molecule has 0 spiro atoms. The Labute approximate surface area is 160 Å². The largest absolute Gasteiger partial charge is 0.465 e. The summed E-state index contributed by atoms with van der Waals surface area (Å²) in [6.45, 7) is 9.14. The van der Waals surface area contributed by atoms with E-state index in [1.54, 1.807) is 18.2 Å². The lowest BCUT2D eigenvalue weighted by atomic mass is 9.62. The number of esters is 1. The van der Waals surface area contributed by atoms with E-state index >= 15 is 0 Å². The van der Waals surface area contributed by atoms with Gasteiger partial charge in [-0.15, -0.1) is 0 Å². The molecule has 2 aliphatic rings. The fourth-order valence-electron chi connectivity index (χ4n) is 4.57. The molecule has 0 N–H and O–H groups in total. The lowest BCUT2D eigenvalue weighted by Gasteiger charge is -2.42. The highest BCUT2D eigenvalue weighted by molar-refractivity contribution is 6.13. The monoisotopic (exact) mass is 362 g/mol. The zero-order valence-electron chi connectivity index (χ0n) is 16.7. The summed E-state index contributed by atoms with van der Waals surface area (Å²) in [5, 5.41) is 0. The number of carbonyl (C=O) groups excluding carboxylic acids is 2. The van der Waals surface area contributed by atoms with E-state index in [-0.39, 0.29) is 22.6 Å². The molecule has 0 radical (unpaired) electrons. The van der Waals surface area contributed by atoms with Crippen LogP contribution in [0.25, 0.3) is 0 Å². The molecule has 2 aromatic carbocycles. The van der Waals surface area contributed by atoms with Gasteiger partial charge >= 0.3 is 5.97 Å². The van der Waals surface area contributed by atoms with Gasteiger partial charge in [0, 0.05) is 11.1 Å². The van der Waals surface area contributed by atoms with Crippen molar-refractivity contribution in [2.75, 3.05) is 7.11 Å². The molecule has 0 atom stereocenters. The fraction of sp³-hybridized carbons (Fsp3) is 0.417. The molecule has 3 heteroatoms. The number of carbonyl (C=O) groups is 2. The first-order valence-electron chi connectivity index (χ1n) is 9.58. The van der Waals surface area contributed by atoms with Crippen molar-refractivity contribution in [3.05, 3.63) is 69.3 Å². The molecule has 0 heterocycles. The number of ketones is 1. The van der Waals surface area contributed by atoms with E-state index in [0.717, 1.165) is 29.5 Å². The van der Waals surface area contributed by atoms with Gasteiger partial charge in [-0.2, -0.15) is 0 Å². The third-order valence-corrected chi connectivity index (χ3v) is 6.47. The van der Waals surface area contributed by atoms with Gasteiger partial charge < -0.3 is 4.74 Å². The molecule has 0 amide bonds. The molecule has 0 saturated heterocycles. The van der Waals surface area contributed by atoms with E-state index in [4.69, 9.17) is 4.74 Å². The minimum absolute atomic E-state index is 0.0599. The van der Waals surface area contributed by atoms with Crippen LogP contribution in [0.4, 0.5) is 0 Å². The molecule has 0 saturated carbocycles. The van der Waals surface area contributed by atoms with Crippen LogP contribution in [0.5, 0.6) is 0 Å². The van der Waals surface area contributed by atoms with E-state index < -0.39 is 0 Å². The third kappa shape index (κ3) is 2.72. The Morgan fingerprint density at radius 3 is 2.11 bits per heavy atom. The third-order valence-electron chi connectivity index (χ3n) is 6.47. The molecular weight excluding hydrogens is 336 g/mol. The smallest absolute Gasteiger partial charge is 0.337 e. The number of hydrogen-bond donors (Lipinski definition) is 0. The van der Waals surface area contributed by atoms with E-state index in [0.29, 0.717) is 17.5 Å². The van der Waals surface area contributed by atoms with Crippen molar-refractivity contribution >= 4 is 11.8 Å². The maximum absolute atomic E-state index is 13.2. The summed E-state index contributed by atoms with van der Waals surface area (Å²) < 4.78 is 4.82. The van der Waals surface area contributed by atoms with Gasteiger partial charge in [-0.3, -0.25) is 4.79 Å². The molecule has 0 aromatic heterocycles. The van der Waals surface area contributed by atoms with Gasteiger partial charge in [0.25, 0.3) is 0 Å². The number of benzene rings is 2. The Hall–Kier alpha value is -2.42. The SMILES string of the molecule is COC(=O)c1ccc2c(c1)Cc1cc3c(cc1C2=O)C(C)(C)CCC3(C)C. The molecule has 0 fully saturated rings. The highest BCUT2D eigenvalue weighted by Gasteiger charge is 2.39.